The second-order valence-corrected chi connectivity index (χ2v) is 7.29. The van der Waals surface area contributed by atoms with E-state index in [1.807, 2.05) is 6.07 Å². The van der Waals surface area contributed by atoms with Gasteiger partial charge in [-0.15, -0.1) is 0 Å². The molecule has 6 nitrogen and oxygen atoms in total. The van der Waals surface area contributed by atoms with E-state index in [0.29, 0.717) is 28.0 Å². The van der Waals surface area contributed by atoms with Gasteiger partial charge in [0, 0.05) is 24.2 Å². The van der Waals surface area contributed by atoms with Crippen molar-refractivity contribution in [1.82, 2.24) is 14.6 Å². The van der Waals surface area contributed by atoms with E-state index >= 15 is 0 Å². The van der Waals surface area contributed by atoms with Crippen LogP contribution in [0.25, 0.3) is 0 Å². The van der Waals surface area contributed by atoms with Crippen LogP contribution >= 0.6 is 11.5 Å². The van der Waals surface area contributed by atoms with Crippen LogP contribution in [-0.2, 0) is 0 Å². The molecule has 2 bridgehead atoms. The maximum atomic E-state index is 12.5. The van der Waals surface area contributed by atoms with Crippen molar-refractivity contribution in [3.63, 3.8) is 0 Å². The number of carbonyl (C=O) groups is 1. The summed E-state index contributed by atoms with van der Waals surface area (Å²) in [4.78, 5) is 15.4. The van der Waals surface area contributed by atoms with Gasteiger partial charge >= 0.3 is 0 Å². The third-order valence-electron chi connectivity index (χ3n) is 4.91. The fraction of sp³-hybridized carbons (Fsp3) is 0.389. The first-order chi connectivity index (χ1) is 12.2. The summed E-state index contributed by atoms with van der Waals surface area (Å²) in [6.07, 6.45) is 2.35. The van der Waals surface area contributed by atoms with Gasteiger partial charge in [-0.3, -0.25) is 4.79 Å². The molecule has 1 aromatic heterocycles. The number of rotatable bonds is 4. The molecule has 3 aliphatic rings. The zero-order valence-electron chi connectivity index (χ0n) is 13.6. The summed E-state index contributed by atoms with van der Waals surface area (Å²) in [5, 5.41) is 12.0. The number of ether oxygens (including phenoxy) is 1. The molecule has 1 unspecified atom stereocenters. The van der Waals surface area contributed by atoms with Crippen molar-refractivity contribution in [2.24, 2.45) is 5.92 Å². The minimum atomic E-state index is -0.0364. The summed E-state index contributed by atoms with van der Waals surface area (Å²) in [5.74, 6) is 1.56. The molecule has 3 saturated heterocycles. The molecule has 1 amide bonds. The van der Waals surface area contributed by atoms with Crippen LogP contribution in [0.2, 0.25) is 0 Å². The average Bonchev–Trinajstić information content (AvgIpc) is 3.11. The van der Waals surface area contributed by atoms with Gasteiger partial charge in [0.05, 0.1) is 0 Å². The number of carbonyl (C=O) groups excluding carboxylic acids is 1. The molecule has 1 atom stereocenters. The molecular weight excluding hydrogens is 336 g/mol. The van der Waals surface area contributed by atoms with E-state index in [2.05, 4.69) is 14.6 Å². The Morgan fingerprint density at radius 1 is 1.32 bits per heavy atom. The highest BCUT2D eigenvalue weighted by Gasteiger charge is 2.34. The Bertz CT molecular complexity index is 803. The Morgan fingerprint density at radius 3 is 2.68 bits per heavy atom. The Balaban J connectivity index is 1.38. The van der Waals surface area contributed by atoms with Crippen molar-refractivity contribution in [3.8, 4) is 17.7 Å². The Morgan fingerprint density at radius 2 is 2.08 bits per heavy atom. The van der Waals surface area contributed by atoms with E-state index in [0.717, 1.165) is 31.2 Å². The lowest BCUT2D eigenvalue weighted by atomic mass is 9.84. The number of nitrogens with zero attached hydrogens (tertiary/aromatic N) is 3. The summed E-state index contributed by atoms with van der Waals surface area (Å²) in [7, 11) is 0. The average molecular weight is 354 g/mol. The maximum Gasteiger partial charge on any atom is 0.251 e. The van der Waals surface area contributed by atoms with Crippen LogP contribution in [0.4, 0.5) is 0 Å². The second kappa shape index (κ2) is 6.82. The van der Waals surface area contributed by atoms with Crippen LogP contribution in [0.15, 0.2) is 30.3 Å². The summed E-state index contributed by atoms with van der Waals surface area (Å²) in [5.41, 5.74) is 0.625. The van der Waals surface area contributed by atoms with E-state index in [1.165, 1.54) is 12.8 Å². The minimum Gasteiger partial charge on any atom is -0.438 e. The van der Waals surface area contributed by atoms with Gasteiger partial charge in [-0.2, -0.15) is 9.64 Å². The van der Waals surface area contributed by atoms with Crippen LogP contribution in [0.5, 0.6) is 11.6 Å². The number of nitrogens with one attached hydrogen (secondary N) is 1. The normalized spacial score (nSPS) is 24.5. The molecule has 2 aromatic rings. The Hall–Kier alpha value is -2.43. The standard InChI is InChI=1S/C18H18N4O2S/c19-10-15-9-17(21-25-15)24-14-3-1-13(2-4-14)18(23)20-16-11-22-7-5-12(16)6-8-22/h1-4,9,12,16H,5-8,11H2,(H,20,23). The van der Waals surface area contributed by atoms with Crippen LogP contribution < -0.4 is 10.1 Å². The molecule has 128 valence electrons. The SMILES string of the molecule is N#Cc1cc(Oc2ccc(C(=O)NC3CN4CCC3CC4)cc2)ns1. The van der Waals surface area contributed by atoms with Gasteiger partial charge in [-0.25, -0.2) is 0 Å². The van der Waals surface area contributed by atoms with Crippen molar-refractivity contribution in [3.05, 3.63) is 40.8 Å². The smallest absolute Gasteiger partial charge is 0.251 e. The molecule has 0 saturated carbocycles. The van der Waals surface area contributed by atoms with Gasteiger partial charge in [0.15, 0.2) is 0 Å². The molecule has 1 aromatic carbocycles. The molecular formula is C18H18N4O2S. The van der Waals surface area contributed by atoms with Crippen LogP contribution in [0.3, 0.4) is 0 Å². The van der Waals surface area contributed by atoms with E-state index in [1.54, 1.807) is 30.3 Å². The summed E-state index contributed by atoms with van der Waals surface area (Å²) in [6.45, 7) is 3.28. The lowest BCUT2D eigenvalue weighted by Crippen LogP contribution is -2.57. The molecule has 4 heterocycles. The predicted molar refractivity (Wildman–Crippen MR) is 93.8 cm³/mol. The fourth-order valence-corrected chi connectivity index (χ4v) is 4.01. The molecule has 0 aliphatic carbocycles. The molecule has 3 fully saturated rings. The van der Waals surface area contributed by atoms with Crippen molar-refractivity contribution < 1.29 is 9.53 Å². The quantitative estimate of drug-likeness (QED) is 0.913. The van der Waals surface area contributed by atoms with Gasteiger partial charge in [-0.1, -0.05) is 0 Å². The number of fused-ring (bicyclic) bond motifs is 3. The van der Waals surface area contributed by atoms with E-state index in [-0.39, 0.29) is 11.9 Å². The largest absolute Gasteiger partial charge is 0.438 e. The number of hydrogen-bond acceptors (Lipinski definition) is 6. The third kappa shape index (κ3) is 3.50. The molecule has 25 heavy (non-hydrogen) atoms. The zero-order valence-corrected chi connectivity index (χ0v) is 14.5. The molecule has 5 rings (SSSR count). The fourth-order valence-electron chi connectivity index (χ4n) is 3.54. The first kappa shape index (κ1) is 16.1. The number of benzene rings is 1. The molecule has 1 N–H and O–H groups in total. The Kier molecular flexibility index (Phi) is 4.38. The highest BCUT2D eigenvalue weighted by molar-refractivity contribution is 7.06. The second-order valence-electron chi connectivity index (χ2n) is 6.49. The number of hydrogen-bond donors (Lipinski definition) is 1. The molecule has 0 spiro atoms. The van der Waals surface area contributed by atoms with Crippen LogP contribution in [0, 0.1) is 17.2 Å². The lowest BCUT2D eigenvalue weighted by molar-refractivity contribution is 0.0620. The Labute approximate surface area is 150 Å². The minimum absolute atomic E-state index is 0.0364. The van der Waals surface area contributed by atoms with Crippen molar-refractivity contribution >= 4 is 17.4 Å². The summed E-state index contributed by atoms with van der Waals surface area (Å²) >= 11 is 1.10. The maximum absolute atomic E-state index is 12.5. The summed E-state index contributed by atoms with van der Waals surface area (Å²) < 4.78 is 9.65. The highest BCUT2D eigenvalue weighted by Crippen LogP contribution is 2.28. The number of amides is 1. The van der Waals surface area contributed by atoms with Gasteiger partial charge in [0.2, 0.25) is 5.88 Å². The first-order valence-corrected chi connectivity index (χ1v) is 9.16. The van der Waals surface area contributed by atoms with Crippen molar-refractivity contribution in [2.75, 3.05) is 19.6 Å². The van der Waals surface area contributed by atoms with Gasteiger partial charge in [0.1, 0.15) is 16.7 Å². The third-order valence-corrected chi connectivity index (χ3v) is 5.59. The number of nitriles is 1. The topological polar surface area (TPSA) is 78.2 Å². The van der Waals surface area contributed by atoms with E-state index in [9.17, 15) is 4.79 Å². The lowest BCUT2D eigenvalue weighted by Gasteiger charge is -2.44. The van der Waals surface area contributed by atoms with E-state index < -0.39 is 0 Å². The number of piperidine rings is 3. The monoisotopic (exact) mass is 354 g/mol. The predicted octanol–water partition coefficient (Wildman–Crippen LogP) is 2.63. The molecule has 7 heteroatoms. The zero-order chi connectivity index (χ0) is 17.2. The first-order valence-electron chi connectivity index (χ1n) is 8.39. The molecule has 0 radical (unpaired) electrons. The van der Waals surface area contributed by atoms with Gasteiger partial charge in [-0.05, 0) is 67.6 Å². The van der Waals surface area contributed by atoms with Gasteiger partial charge in [0.25, 0.3) is 5.91 Å². The highest BCUT2D eigenvalue weighted by atomic mass is 32.1. The van der Waals surface area contributed by atoms with Crippen molar-refractivity contribution in [2.45, 2.75) is 18.9 Å². The molecule has 3 aliphatic heterocycles. The van der Waals surface area contributed by atoms with Gasteiger partial charge < -0.3 is 15.0 Å². The summed E-state index contributed by atoms with van der Waals surface area (Å²) in [6, 6.07) is 10.9. The van der Waals surface area contributed by atoms with Crippen LogP contribution in [-0.4, -0.2) is 40.9 Å². The van der Waals surface area contributed by atoms with E-state index in [4.69, 9.17) is 10.00 Å². The number of aromatic nitrogens is 1. The van der Waals surface area contributed by atoms with Crippen molar-refractivity contribution in [1.29, 1.82) is 5.26 Å². The van der Waals surface area contributed by atoms with Crippen LogP contribution in [0.1, 0.15) is 28.1 Å².